The molecule has 0 aromatic carbocycles. The van der Waals surface area contributed by atoms with Crippen molar-refractivity contribution in [3.05, 3.63) is 0 Å². The van der Waals surface area contributed by atoms with Gasteiger partial charge in [-0.3, -0.25) is 0 Å². The number of amides is 1. The summed E-state index contributed by atoms with van der Waals surface area (Å²) in [6.07, 6.45) is -0.455. The SMILES string of the molecule is CN(C)C(=O)OS. The molecule has 42 valence electrons. The van der Waals surface area contributed by atoms with Gasteiger partial charge in [-0.05, 0) is 0 Å². The minimum Gasteiger partial charge on any atom is -0.378 e. The van der Waals surface area contributed by atoms with Crippen molar-refractivity contribution in [2.75, 3.05) is 14.1 Å². The van der Waals surface area contributed by atoms with Crippen LogP contribution in [0.1, 0.15) is 0 Å². The van der Waals surface area contributed by atoms with E-state index in [1.807, 2.05) is 0 Å². The largest absolute Gasteiger partial charge is 0.421 e. The number of thiol groups is 1. The summed E-state index contributed by atoms with van der Waals surface area (Å²) in [5.74, 6) is 0. The lowest BCUT2D eigenvalue weighted by Gasteiger charge is -2.04. The highest BCUT2D eigenvalue weighted by molar-refractivity contribution is 7.75. The lowest BCUT2D eigenvalue weighted by atomic mass is 10.9. The van der Waals surface area contributed by atoms with Crippen molar-refractivity contribution in [2.45, 2.75) is 0 Å². The van der Waals surface area contributed by atoms with Gasteiger partial charge in [0.1, 0.15) is 0 Å². The molecule has 0 aromatic heterocycles. The Balaban J connectivity index is 3.35. The molecular formula is C3H7NO2S. The van der Waals surface area contributed by atoms with E-state index in [1.165, 1.54) is 4.90 Å². The van der Waals surface area contributed by atoms with Crippen LogP contribution in [0, 0.1) is 0 Å². The van der Waals surface area contributed by atoms with Gasteiger partial charge in [0.05, 0.1) is 0 Å². The van der Waals surface area contributed by atoms with Crippen LogP contribution in [0.25, 0.3) is 0 Å². The summed E-state index contributed by atoms with van der Waals surface area (Å²) in [5.41, 5.74) is 0. The first-order valence-corrected chi connectivity index (χ1v) is 2.07. The molecular weight excluding hydrogens is 114 g/mol. The van der Waals surface area contributed by atoms with E-state index in [9.17, 15) is 4.79 Å². The van der Waals surface area contributed by atoms with Gasteiger partial charge in [-0.2, -0.15) is 0 Å². The van der Waals surface area contributed by atoms with Crippen LogP contribution in [0.3, 0.4) is 0 Å². The van der Waals surface area contributed by atoms with E-state index in [2.05, 4.69) is 17.1 Å². The van der Waals surface area contributed by atoms with Gasteiger partial charge >= 0.3 is 6.09 Å². The van der Waals surface area contributed by atoms with Gasteiger partial charge < -0.3 is 9.08 Å². The smallest absolute Gasteiger partial charge is 0.378 e. The van der Waals surface area contributed by atoms with Gasteiger partial charge in [0, 0.05) is 27.0 Å². The number of carbonyl (C=O) groups is 1. The first-order chi connectivity index (χ1) is 3.18. The summed E-state index contributed by atoms with van der Waals surface area (Å²) in [4.78, 5) is 11.4. The summed E-state index contributed by atoms with van der Waals surface area (Å²) in [6.45, 7) is 0. The van der Waals surface area contributed by atoms with Crippen LogP contribution in [0.5, 0.6) is 0 Å². The highest BCUT2D eigenvalue weighted by Gasteiger charge is 1.98. The topological polar surface area (TPSA) is 29.5 Å². The molecule has 7 heavy (non-hydrogen) atoms. The van der Waals surface area contributed by atoms with Crippen LogP contribution >= 0.6 is 12.9 Å². The molecule has 0 aliphatic carbocycles. The second kappa shape index (κ2) is 2.74. The molecule has 0 fully saturated rings. The van der Waals surface area contributed by atoms with Crippen LogP contribution in [-0.4, -0.2) is 25.1 Å². The fraction of sp³-hybridized carbons (Fsp3) is 0.667. The summed E-state index contributed by atoms with van der Waals surface area (Å²) >= 11 is 3.26. The third-order valence-corrected chi connectivity index (χ3v) is 0.599. The predicted octanol–water partition coefficient (Wildman–Crippen LogP) is 0.529. The third kappa shape index (κ3) is 2.33. The van der Waals surface area contributed by atoms with Crippen molar-refractivity contribution in [2.24, 2.45) is 0 Å². The minimum absolute atomic E-state index is 0.455. The number of hydrogen-bond donors (Lipinski definition) is 1. The van der Waals surface area contributed by atoms with E-state index in [-0.39, 0.29) is 0 Å². The van der Waals surface area contributed by atoms with E-state index in [0.717, 1.165) is 0 Å². The van der Waals surface area contributed by atoms with Crippen LogP contribution in [-0.2, 0) is 4.18 Å². The van der Waals surface area contributed by atoms with E-state index in [1.54, 1.807) is 14.1 Å². The molecule has 3 nitrogen and oxygen atoms in total. The average molecular weight is 121 g/mol. The van der Waals surface area contributed by atoms with Crippen molar-refractivity contribution >= 4 is 19.0 Å². The fourth-order valence-corrected chi connectivity index (χ4v) is 0.245. The summed E-state index contributed by atoms with van der Waals surface area (Å²) in [7, 11) is 3.16. The monoisotopic (exact) mass is 121 g/mol. The van der Waals surface area contributed by atoms with Gasteiger partial charge in [0.2, 0.25) is 0 Å². The lowest BCUT2D eigenvalue weighted by Crippen LogP contribution is -2.19. The molecule has 0 spiro atoms. The Bertz CT molecular complexity index is 73.3. The second-order valence-corrected chi connectivity index (χ2v) is 1.43. The zero-order chi connectivity index (χ0) is 5.86. The van der Waals surface area contributed by atoms with Crippen molar-refractivity contribution in [3.8, 4) is 0 Å². The second-order valence-electron chi connectivity index (χ2n) is 1.25. The van der Waals surface area contributed by atoms with Crippen molar-refractivity contribution in [3.63, 3.8) is 0 Å². The first kappa shape index (κ1) is 6.62. The molecule has 0 aliphatic rings. The fourth-order valence-electron chi connectivity index (χ4n) is 0.0816. The van der Waals surface area contributed by atoms with Crippen LogP contribution in [0.4, 0.5) is 4.79 Å². The molecule has 0 bridgehead atoms. The molecule has 0 saturated carbocycles. The highest BCUT2D eigenvalue weighted by Crippen LogP contribution is 1.85. The lowest BCUT2D eigenvalue weighted by molar-refractivity contribution is 0.181. The van der Waals surface area contributed by atoms with Crippen LogP contribution in [0.15, 0.2) is 0 Å². The Kier molecular flexibility index (Phi) is 2.59. The standard InChI is InChI=1S/C3H7NO2S/c1-4(2)3(5)6-7/h7H,1-2H3. The van der Waals surface area contributed by atoms with E-state index < -0.39 is 6.09 Å². The normalized spacial score (nSPS) is 7.86. The molecule has 0 atom stereocenters. The van der Waals surface area contributed by atoms with Gasteiger partial charge in [-0.15, -0.1) is 0 Å². The summed E-state index contributed by atoms with van der Waals surface area (Å²) in [5, 5.41) is 0. The molecule has 4 heteroatoms. The molecule has 0 aromatic rings. The Labute approximate surface area is 47.9 Å². The molecule has 0 rings (SSSR count). The maximum atomic E-state index is 10.1. The summed E-state index contributed by atoms with van der Waals surface area (Å²) < 4.78 is 3.99. The molecule has 0 N–H and O–H groups in total. The quantitative estimate of drug-likeness (QED) is 0.374. The van der Waals surface area contributed by atoms with Crippen LogP contribution in [0.2, 0.25) is 0 Å². The highest BCUT2D eigenvalue weighted by atomic mass is 32.1. The summed E-state index contributed by atoms with van der Waals surface area (Å²) in [6, 6.07) is 0. The number of nitrogens with zero attached hydrogens (tertiary/aromatic N) is 1. The molecule has 0 aliphatic heterocycles. The molecule has 1 amide bonds. The predicted molar refractivity (Wildman–Crippen MR) is 29.2 cm³/mol. The number of rotatable bonds is 0. The Morgan fingerprint density at radius 1 is 1.71 bits per heavy atom. The van der Waals surface area contributed by atoms with Crippen molar-refractivity contribution in [1.82, 2.24) is 4.90 Å². The van der Waals surface area contributed by atoms with Crippen molar-refractivity contribution in [1.29, 1.82) is 0 Å². The van der Waals surface area contributed by atoms with Gasteiger partial charge in [0.15, 0.2) is 0 Å². The molecule has 0 heterocycles. The Morgan fingerprint density at radius 3 is 2.14 bits per heavy atom. The zero-order valence-electron chi connectivity index (χ0n) is 4.21. The van der Waals surface area contributed by atoms with E-state index >= 15 is 0 Å². The maximum absolute atomic E-state index is 10.1. The molecule has 0 saturated heterocycles. The van der Waals surface area contributed by atoms with Crippen molar-refractivity contribution < 1.29 is 8.98 Å². The minimum atomic E-state index is -0.455. The van der Waals surface area contributed by atoms with E-state index in [0.29, 0.717) is 0 Å². The van der Waals surface area contributed by atoms with E-state index in [4.69, 9.17) is 0 Å². The molecule has 0 unspecified atom stereocenters. The first-order valence-electron chi connectivity index (χ1n) is 1.71. The van der Waals surface area contributed by atoms with Crippen LogP contribution < -0.4 is 0 Å². The average Bonchev–Trinajstić information content (AvgIpc) is 1.65. The van der Waals surface area contributed by atoms with Gasteiger partial charge in [-0.1, -0.05) is 0 Å². The van der Waals surface area contributed by atoms with Gasteiger partial charge in [-0.25, -0.2) is 4.79 Å². The molecule has 0 radical (unpaired) electrons. The van der Waals surface area contributed by atoms with Gasteiger partial charge in [0.25, 0.3) is 0 Å². The zero-order valence-corrected chi connectivity index (χ0v) is 5.11. The Hall–Kier alpha value is -0.380. The Morgan fingerprint density at radius 2 is 2.14 bits per heavy atom. The number of carbonyl (C=O) groups excluding carboxylic acids is 1. The third-order valence-electron chi connectivity index (χ3n) is 0.443. The maximum Gasteiger partial charge on any atom is 0.421 e. The number of hydrogen-bond acceptors (Lipinski definition) is 3.